The van der Waals surface area contributed by atoms with Crippen molar-refractivity contribution in [2.45, 2.75) is 19.4 Å². The Morgan fingerprint density at radius 2 is 2.04 bits per heavy atom. The molecule has 0 atom stereocenters. The first-order valence-corrected chi connectivity index (χ1v) is 8.03. The Hall–Kier alpha value is -1.92. The Labute approximate surface area is 139 Å². The quantitative estimate of drug-likeness (QED) is 0.854. The van der Waals surface area contributed by atoms with Gasteiger partial charge in [-0.15, -0.1) is 0 Å². The first-order valence-electron chi connectivity index (χ1n) is 7.65. The van der Waals surface area contributed by atoms with Gasteiger partial charge in [-0.2, -0.15) is 4.98 Å². The van der Waals surface area contributed by atoms with Crippen molar-refractivity contribution in [3.05, 3.63) is 35.2 Å². The molecule has 3 rings (SSSR count). The van der Waals surface area contributed by atoms with Gasteiger partial charge in [0.2, 0.25) is 5.82 Å². The summed E-state index contributed by atoms with van der Waals surface area (Å²) < 4.78 is 10.1. The van der Waals surface area contributed by atoms with Crippen LogP contribution < -0.4 is 4.90 Å². The maximum Gasteiger partial charge on any atom is 0.309 e. The van der Waals surface area contributed by atoms with Crippen molar-refractivity contribution in [1.29, 1.82) is 0 Å². The van der Waals surface area contributed by atoms with Crippen molar-refractivity contribution >= 4 is 17.6 Å². The fourth-order valence-electron chi connectivity index (χ4n) is 2.86. The molecule has 23 heavy (non-hydrogen) atoms. The number of methoxy groups -OCH3 is 1. The van der Waals surface area contributed by atoms with E-state index in [2.05, 4.69) is 10.1 Å². The van der Waals surface area contributed by atoms with Crippen molar-refractivity contribution in [2.24, 2.45) is 5.92 Å². The number of benzene rings is 1. The van der Waals surface area contributed by atoms with Crippen LogP contribution in [0.2, 0.25) is 5.02 Å². The lowest BCUT2D eigenvalue weighted by Gasteiger charge is -2.26. The van der Waals surface area contributed by atoms with E-state index in [-0.39, 0.29) is 11.9 Å². The number of likely N-dealkylation sites (tertiary alicyclic amines) is 1. The van der Waals surface area contributed by atoms with E-state index in [1.165, 1.54) is 12.0 Å². The summed E-state index contributed by atoms with van der Waals surface area (Å²) in [5.41, 5.74) is 0.879. The van der Waals surface area contributed by atoms with Crippen LogP contribution in [0.15, 0.2) is 28.8 Å². The third kappa shape index (κ3) is 3.89. The highest BCUT2D eigenvalue weighted by molar-refractivity contribution is 6.30. The van der Waals surface area contributed by atoms with E-state index in [1.807, 2.05) is 12.1 Å². The summed E-state index contributed by atoms with van der Waals surface area (Å²) in [7, 11) is 1.44. The Balaban J connectivity index is 1.58. The Bertz CT molecular complexity index is 663. The number of hydrogen-bond donors (Lipinski definition) is 1. The molecule has 6 nitrogen and oxygen atoms in total. The average molecular weight is 337 g/mol. The summed E-state index contributed by atoms with van der Waals surface area (Å²) in [6.45, 7) is 2.48. The van der Waals surface area contributed by atoms with E-state index >= 15 is 0 Å². The molecular weight excluding hydrogens is 318 g/mol. The molecule has 1 aromatic heterocycles. The molecule has 7 heteroatoms. The fourth-order valence-corrected chi connectivity index (χ4v) is 2.99. The number of esters is 1. The van der Waals surface area contributed by atoms with Crippen LogP contribution in [-0.2, 0) is 16.1 Å². The first kappa shape index (κ1) is 16.0. The number of halogens is 1. The van der Waals surface area contributed by atoms with Crippen molar-refractivity contribution in [3.63, 3.8) is 0 Å². The molecular formula is C16H19ClN3O3+. The number of quaternary nitrogens is 1. The topological polar surface area (TPSA) is 69.7 Å². The molecule has 0 amide bonds. The van der Waals surface area contributed by atoms with Crippen molar-refractivity contribution in [1.82, 2.24) is 10.1 Å². The van der Waals surface area contributed by atoms with Gasteiger partial charge in [0.05, 0.1) is 26.1 Å². The number of rotatable bonds is 4. The Morgan fingerprint density at radius 3 is 2.70 bits per heavy atom. The highest BCUT2D eigenvalue weighted by atomic mass is 35.5. The molecule has 1 fully saturated rings. The molecule has 0 bridgehead atoms. The van der Waals surface area contributed by atoms with Crippen LogP contribution in [0, 0.1) is 5.92 Å². The maximum atomic E-state index is 11.5. The second-order valence-corrected chi connectivity index (χ2v) is 6.18. The van der Waals surface area contributed by atoms with Crippen molar-refractivity contribution in [2.75, 3.05) is 20.2 Å². The van der Waals surface area contributed by atoms with Crippen LogP contribution in [0.5, 0.6) is 0 Å². The van der Waals surface area contributed by atoms with Gasteiger partial charge in [-0.25, -0.2) is 0 Å². The van der Waals surface area contributed by atoms with Gasteiger partial charge in [0, 0.05) is 23.4 Å². The molecule has 1 saturated heterocycles. The van der Waals surface area contributed by atoms with Crippen LogP contribution in [0.4, 0.5) is 0 Å². The van der Waals surface area contributed by atoms with Gasteiger partial charge < -0.3 is 14.2 Å². The number of aromatic nitrogens is 2. The lowest BCUT2D eigenvalue weighted by atomic mass is 9.97. The number of nitrogens with zero attached hydrogens (tertiary/aromatic N) is 2. The normalized spacial score (nSPS) is 21.1. The zero-order chi connectivity index (χ0) is 16.2. The van der Waals surface area contributed by atoms with E-state index in [9.17, 15) is 4.79 Å². The smallest absolute Gasteiger partial charge is 0.309 e. The molecule has 1 aromatic carbocycles. The number of carbonyl (C=O) groups is 1. The third-order valence-corrected chi connectivity index (χ3v) is 4.45. The molecule has 0 spiro atoms. The summed E-state index contributed by atoms with van der Waals surface area (Å²) in [4.78, 5) is 17.3. The van der Waals surface area contributed by atoms with Gasteiger partial charge in [-0.05, 0) is 24.3 Å². The van der Waals surface area contributed by atoms with E-state index in [1.54, 1.807) is 12.1 Å². The molecule has 0 unspecified atom stereocenters. The molecule has 1 N–H and O–H groups in total. The van der Waals surface area contributed by atoms with E-state index in [4.69, 9.17) is 20.9 Å². The monoisotopic (exact) mass is 336 g/mol. The molecule has 2 aromatic rings. The van der Waals surface area contributed by atoms with Crippen molar-refractivity contribution in [3.8, 4) is 11.4 Å². The van der Waals surface area contributed by atoms with Gasteiger partial charge in [0.15, 0.2) is 6.54 Å². The maximum absolute atomic E-state index is 11.5. The zero-order valence-corrected chi connectivity index (χ0v) is 13.7. The van der Waals surface area contributed by atoms with Gasteiger partial charge in [-0.1, -0.05) is 16.8 Å². The SMILES string of the molecule is COC(=O)C1CC[NH+](Cc2nc(-c3ccc(Cl)cc3)no2)CC1. The second-order valence-electron chi connectivity index (χ2n) is 5.74. The molecule has 0 radical (unpaired) electrons. The van der Waals surface area contributed by atoms with E-state index < -0.39 is 0 Å². The third-order valence-electron chi connectivity index (χ3n) is 4.20. The summed E-state index contributed by atoms with van der Waals surface area (Å²) in [6, 6.07) is 7.34. The lowest BCUT2D eigenvalue weighted by Crippen LogP contribution is -3.11. The standard InChI is InChI=1S/C16H18ClN3O3/c1-22-16(21)12-6-8-20(9-7-12)10-14-18-15(19-23-14)11-2-4-13(17)5-3-11/h2-5,12H,6-10H2,1H3/p+1. The summed E-state index contributed by atoms with van der Waals surface area (Å²) in [6.07, 6.45) is 1.67. The average Bonchev–Trinajstić information content (AvgIpc) is 3.04. The molecule has 122 valence electrons. The van der Waals surface area contributed by atoms with Crippen LogP contribution in [0.3, 0.4) is 0 Å². The number of nitrogens with one attached hydrogen (secondary N) is 1. The van der Waals surface area contributed by atoms with Gasteiger partial charge in [0.1, 0.15) is 0 Å². The minimum Gasteiger partial charge on any atom is -0.469 e. The summed E-state index contributed by atoms with van der Waals surface area (Å²) in [5, 5.41) is 4.70. The second kappa shape index (κ2) is 7.10. The van der Waals surface area contributed by atoms with Gasteiger partial charge in [-0.3, -0.25) is 4.79 Å². The lowest BCUT2D eigenvalue weighted by molar-refractivity contribution is -0.920. The minimum atomic E-state index is -0.105. The molecule has 0 aliphatic carbocycles. The number of piperidine rings is 1. The number of carbonyl (C=O) groups excluding carboxylic acids is 1. The summed E-state index contributed by atoms with van der Waals surface area (Å²) >= 11 is 5.88. The van der Waals surface area contributed by atoms with Crippen LogP contribution in [0.25, 0.3) is 11.4 Å². The predicted octanol–water partition coefficient (Wildman–Crippen LogP) is 1.36. The van der Waals surface area contributed by atoms with Gasteiger partial charge in [0.25, 0.3) is 5.89 Å². The molecule has 0 saturated carbocycles. The Kier molecular flexibility index (Phi) is 4.93. The number of ether oxygens (including phenoxy) is 1. The summed E-state index contributed by atoms with van der Waals surface area (Å²) in [5.74, 6) is 1.10. The van der Waals surface area contributed by atoms with Crippen LogP contribution in [-0.4, -0.2) is 36.3 Å². The first-order chi connectivity index (χ1) is 11.2. The van der Waals surface area contributed by atoms with E-state index in [0.29, 0.717) is 23.3 Å². The minimum absolute atomic E-state index is 0.0241. The largest absolute Gasteiger partial charge is 0.469 e. The van der Waals surface area contributed by atoms with Crippen LogP contribution in [0.1, 0.15) is 18.7 Å². The molecule has 1 aliphatic heterocycles. The molecule has 1 aliphatic rings. The van der Waals surface area contributed by atoms with Gasteiger partial charge >= 0.3 is 5.97 Å². The predicted molar refractivity (Wildman–Crippen MR) is 83.9 cm³/mol. The van der Waals surface area contributed by atoms with Crippen LogP contribution >= 0.6 is 11.6 Å². The highest BCUT2D eigenvalue weighted by Crippen LogP contribution is 2.18. The fraction of sp³-hybridized carbons (Fsp3) is 0.438. The van der Waals surface area contributed by atoms with Crippen molar-refractivity contribution < 1.29 is 19.0 Å². The highest BCUT2D eigenvalue weighted by Gasteiger charge is 2.29. The van der Waals surface area contributed by atoms with E-state index in [0.717, 1.165) is 31.5 Å². The Morgan fingerprint density at radius 1 is 1.35 bits per heavy atom. The number of hydrogen-bond acceptors (Lipinski definition) is 5. The zero-order valence-electron chi connectivity index (χ0n) is 12.9. The molecule has 2 heterocycles.